The van der Waals surface area contributed by atoms with Crippen molar-refractivity contribution in [2.45, 2.75) is 38.9 Å². The second-order valence-corrected chi connectivity index (χ2v) is 5.53. The molecule has 0 N–H and O–H groups in total. The van der Waals surface area contributed by atoms with Crippen LogP contribution in [0.1, 0.15) is 37.6 Å². The van der Waals surface area contributed by atoms with Crippen molar-refractivity contribution in [2.75, 3.05) is 13.7 Å². The summed E-state index contributed by atoms with van der Waals surface area (Å²) < 4.78 is 10.9. The quantitative estimate of drug-likeness (QED) is 0.716. The fraction of sp³-hybridized carbons (Fsp3) is 0.533. The van der Waals surface area contributed by atoms with Crippen LogP contribution >= 0.6 is 11.6 Å². The highest BCUT2D eigenvalue weighted by molar-refractivity contribution is 6.30. The van der Waals surface area contributed by atoms with Gasteiger partial charge in [0.15, 0.2) is 5.78 Å². The molecule has 106 valence electrons. The number of Topliss-reactive ketones (excluding diaryl/α,β-unsaturated/α-hetero) is 1. The van der Waals surface area contributed by atoms with Gasteiger partial charge in [-0.05, 0) is 51.5 Å². The van der Waals surface area contributed by atoms with Crippen molar-refractivity contribution in [2.24, 2.45) is 0 Å². The van der Waals surface area contributed by atoms with Gasteiger partial charge in [0.25, 0.3) is 0 Å². The largest absolute Gasteiger partial charge is 0.379 e. The number of rotatable bonds is 7. The molecule has 0 aliphatic carbocycles. The van der Waals surface area contributed by atoms with E-state index in [0.717, 1.165) is 6.42 Å². The van der Waals surface area contributed by atoms with E-state index in [9.17, 15) is 4.79 Å². The van der Waals surface area contributed by atoms with Crippen molar-refractivity contribution in [3.8, 4) is 0 Å². The Morgan fingerprint density at radius 1 is 1.32 bits per heavy atom. The van der Waals surface area contributed by atoms with Gasteiger partial charge >= 0.3 is 0 Å². The maximum Gasteiger partial charge on any atom is 0.191 e. The van der Waals surface area contributed by atoms with Crippen LogP contribution in [0.3, 0.4) is 0 Å². The molecule has 0 aliphatic rings. The van der Waals surface area contributed by atoms with E-state index in [1.54, 1.807) is 38.3 Å². The van der Waals surface area contributed by atoms with E-state index >= 15 is 0 Å². The summed E-state index contributed by atoms with van der Waals surface area (Å²) in [5.41, 5.74) is 0.381. The second kappa shape index (κ2) is 7.04. The van der Waals surface area contributed by atoms with Crippen molar-refractivity contribution < 1.29 is 14.3 Å². The lowest BCUT2D eigenvalue weighted by molar-refractivity contribution is -0.0197. The van der Waals surface area contributed by atoms with E-state index in [1.165, 1.54) is 0 Å². The predicted octanol–water partition coefficient (Wildman–Crippen LogP) is 3.74. The Hall–Kier alpha value is -0.900. The summed E-state index contributed by atoms with van der Waals surface area (Å²) in [4.78, 5) is 12.1. The van der Waals surface area contributed by atoms with Crippen molar-refractivity contribution >= 4 is 17.4 Å². The Morgan fingerprint density at radius 2 is 1.89 bits per heavy atom. The van der Waals surface area contributed by atoms with Crippen LogP contribution in [0.25, 0.3) is 0 Å². The van der Waals surface area contributed by atoms with Crippen molar-refractivity contribution in [3.05, 3.63) is 34.9 Å². The molecule has 0 bridgehead atoms. The van der Waals surface area contributed by atoms with E-state index < -0.39 is 6.10 Å². The molecular weight excluding hydrogens is 264 g/mol. The summed E-state index contributed by atoms with van der Waals surface area (Å²) in [7, 11) is 1.67. The number of carbonyl (C=O) groups is 1. The lowest BCUT2D eigenvalue weighted by Crippen LogP contribution is -2.27. The van der Waals surface area contributed by atoms with Gasteiger partial charge in [-0.15, -0.1) is 0 Å². The van der Waals surface area contributed by atoms with Crippen LogP contribution < -0.4 is 0 Å². The minimum Gasteiger partial charge on any atom is -0.379 e. The molecule has 1 rings (SSSR count). The second-order valence-electron chi connectivity index (χ2n) is 5.10. The summed E-state index contributed by atoms with van der Waals surface area (Å²) in [5, 5.41) is 0.618. The Labute approximate surface area is 119 Å². The summed E-state index contributed by atoms with van der Waals surface area (Å²) in [6, 6.07) is 6.83. The standard InChI is InChI=1S/C15H21ClO3/c1-11(19-10-9-15(2,3)18-4)14(17)12-5-7-13(16)8-6-12/h5-8,11H,9-10H2,1-4H3. The molecule has 1 atom stereocenters. The summed E-state index contributed by atoms with van der Waals surface area (Å²) in [6.45, 7) is 6.22. The fourth-order valence-electron chi connectivity index (χ4n) is 1.51. The minimum atomic E-state index is -0.464. The summed E-state index contributed by atoms with van der Waals surface area (Å²) in [6.07, 6.45) is 0.274. The van der Waals surface area contributed by atoms with Crippen molar-refractivity contribution in [1.82, 2.24) is 0 Å². The highest BCUT2D eigenvalue weighted by atomic mass is 35.5. The van der Waals surface area contributed by atoms with Crippen LogP contribution in [0.2, 0.25) is 5.02 Å². The Balaban J connectivity index is 2.47. The highest BCUT2D eigenvalue weighted by Gasteiger charge is 2.19. The molecule has 1 unspecified atom stereocenters. The highest BCUT2D eigenvalue weighted by Crippen LogP contribution is 2.15. The van der Waals surface area contributed by atoms with Crippen LogP contribution in [0.5, 0.6) is 0 Å². The Bertz CT molecular complexity index is 412. The summed E-state index contributed by atoms with van der Waals surface area (Å²) in [5.74, 6) is -0.0353. The third-order valence-corrected chi connectivity index (χ3v) is 3.37. The molecule has 0 aromatic heterocycles. The maximum absolute atomic E-state index is 12.1. The predicted molar refractivity (Wildman–Crippen MR) is 76.9 cm³/mol. The molecule has 3 nitrogen and oxygen atoms in total. The average molecular weight is 285 g/mol. The number of halogens is 1. The normalized spacial score (nSPS) is 13.3. The van der Waals surface area contributed by atoms with E-state index in [2.05, 4.69) is 0 Å². The minimum absolute atomic E-state index is 0.0353. The first-order valence-electron chi connectivity index (χ1n) is 6.32. The molecule has 0 heterocycles. The van der Waals surface area contributed by atoms with Gasteiger partial charge in [0.05, 0.1) is 12.2 Å². The van der Waals surface area contributed by atoms with Crippen molar-refractivity contribution in [1.29, 1.82) is 0 Å². The van der Waals surface area contributed by atoms with E-state index in [0.29, 0.717) is 17.2 Å². The number of hydrogen-bond donors (Lipinski definition) is 0. The zero-order valence-corrected chi connectivity index (χ0v) is 12.7. The molecule has 0 fully saturated rings. The van der Waals surface area contributed by atoms with Crippen LogP contribution in [0.4, 0.5) is 0 Å². The number of ketones is 1. The van der Waals surface area contributed by atoms with E-state index in [-0.39, 0.29) is 11.4 Å². The van der Waals surface area contributed by atoms with Gasteiger partial charge in [0.1, 0.15) is 6.10 Å². The molecule has 1 aromatic rings. The number of benzene rings is 1. The number of methoxy groups -OCH3 is 1. The molecule has 0 amide bonds. The van der Waals surface area contributed by atoms with E-state index in [1.807, 2.05) is 13.8 Å². The van der Waals surface area contributed by atoms with Gasteiger partial charge < -0.3 is 9.47 Å². The lowest BCUT2D eigenvalue weighted by atomic mass is 10.1. The molecule has 0 saturated carbocycles. The molecular formula is C15H21ClO3. The van der Waals surface area contributed by atoms with Gasteiger partial charge in [0, 0.05) is 17.7 Å². The molecule has 0 radical (unpaired) electrons. The first kappa shape index (κ1) is 16.2. The van der Waals surface area contributed by atoms with E-state index in [4.69, 9.17) is 21.1 Å². The monoisotopic (exact) mass is 284 g/mol. The van der Waals surface area contributed by atoms with Crippen LogP contribution in [-0.2, 0) is 9.47 Å². The molecule has 1 aromatic carbocycles. The molecule has 0 saturated heterocycles. The Morgan fingerprint density at radius 3 is 2.42 bits per heavy atom. The molecule has 0 spiro atoms. The third kappa shape index (κ3) is 5.31. The van der Waals surface area contributed by atoms with Gasteiger partial charge in [-0.25, -0.2) is 0 Å². The van der Waals surface area contributed by atoms with Gasteiger partial charge in [-0.2, -0.15) is 0 Å². The molecule has 19 heavy (non-hydrogen) atoms. The number of carbonyl (C=O) groups excluding carboxylic acids is 1. The molecule has 4 heteroatoms. The number of hydrogen-bond acceptors (Lipinski definition) is 3. The molecule has 0 aliphatic heterocycles. The Kier molecular flexibility index (Phi) is 5.98. The number of ether oxygens (including phenoxy) is 2. The first-order chi connectivity index (χ1) is 8.85. The third-order valence-electron chi connectivity index (χ3n) is 3.12. The average Bonchev–Trinajstić information content (AvgIpc) is 2.38. The van der Waals surface area contributed by atoms with Crippen molar-refractivity contribution in [3.63, 3.8) is 0 Å². The lowest BCUT2D eigenvalue weighted by Gasteiger charge is -2.23. The maximum atomic E-state index is 12.1. The van der Waals surface area contributed by atoms with Crippen LogP contribution in [0.15, 0.2) is 24.3 Å². The van der Waals surface area contributed by atoms with Gasteiger partial charge in [-0.3, -0.25) is 4.79 Å². The smallest absolute Gasteiger partial charge is 0.191 e. The van der Waals surface area contributed by atoms with Gasteiger partial charge in [0.2, 0.25) is 0 Å². The topological polar surface area (TPSA) is 35.5 Å². The van der Waals surface area contributed by atoms with Crippen LogP contribution in [0, 0.1) is 0 Å². The fourth-order valence-corrected chi connectivity index (χ4v) is 1.63. The van der Waals surface area contributed by atoms with Gasteiger partial charge in [-0.1, -0.05) is 11.6 Å². The zero-order valence-electron chi connectivity index (χ0n) is 11.9. The summed E-state index contributed by atoms with van der Waals surface area (Å²) >= 11 is 5.79. The van der Waals surface area contributed by atoms with Crippen LogP contribution in [-0.4, -0.2) is 31.2 Å². The first-order valence-corrected chi connectivity index (χ1v) is 6.70. The SMILES string of the molecule is COC(C)(C)CCOC(C)C(=O)c1ccc(Cl)cc1. The zero-order chi connectivity index (χ0) is 14.5.